The third-order valence-corrected chi connectivity index (χ3v) is 2.68. The van der Waals surface area contributed by atoms with Crippen LogP contribution in [0.15, 0.2) is 0 Å². The first-order valence-corrected chi connectivity index (χ1v) is 6.83. The summed E-state index contributed by atoms with van der Waals surface area (Å²) in [6.07, 6.45) is 7.64. The summed E-state index contributed by atoms with van der Waals surface area (Å²) in [5, 5.41) is 0. The number of rotatable bonds is 10. The lowest BCUT2D eigenvalue weighted by Crippen LogP contribution is -2.11. The normalized spacial score (nSPS) is 11.9. The molecule has 0 aliphatic carbocycles. The van der Waals surface area contributed by atoms with Crippen LogP contribution in [-0.2, 0) is 19.1 Å². The zero-order valence-electron chi connectivity index (χ0n) is 11.9. The summed E-state index contributed by atoms with van der Waals surface area (Å²) in [5.74, 6) is -0.401. The maximum absolute atomic E-state index is 10.7. The van der Waals surface area contributed by atoms with Gasteiger partial charge in [-0.1, -0.05) is 25.7 Å². The second kappa shape index (κ2) is 11.1. The smallest absolute Gasteiger partial charge is 0.302 e. The maximum Gasteiger partial charge on any atom is 0.302 e. The van der Waals surface area contributed by atoms with E-state index >= 15 is 0 Å². The van der Waals surface area contributed by atoms with E-state index in [0.29, 0.717) is 6.61 Å². The van der Waals surface area contributed by atoms with Crippen molar-refractivity contribution in [3.8, 4) is 0 Å². The number of hydrogen-bond donors (Lipinski definition) is 0. The number of carbonyl (C=O) groups excluding carboxylic acids is 2. The van der Waals surface area contributed by atoms with Gasteiger partial charge in [-0.25, -0.2) is 0 Å². The van der Waals surface area contributed by atoms with Gasteiger partial charge in [-0.3, -0.25) is 9.59 Å². The van der Waals surface area contributed by atoms with Gasteiger partial charge in [-0.05, 0) is 26.2 Å². The molecule has 1 atom stereocenters. The minimum Gasteiger partial charge on any atom is -0.466 e. The molecule has 18 heavy (non-hydrogen) atoms. The fourth-order valence-corrected chi connectivity index (χ4v) is 1.80. The minimum absolute atomic E-state index is 0.0338. The van der Waals surface area contributed by atoms with Gasteiger partial charge in [0.05, 0.1) is 12.7 Å². The monoisotopic (exact) mass is 258 g/mol. The van der Waals surface area contributed by atoms with E-state index in [4.69, 9.17) is 9.47 Å². The van der Waals surface area contributed by atoms with Crippen molar-refractivity contribution < 1.29 is 19.1 Å². The fourth-order valence-electron chi connectivity index (χ4n) is 1.80. The van der Waals surface area contributed by atoms with Gasteiger partial charge in [0.25, 0.3) is 0 Å². The van der Waals surface area contributed by atoms with E-state index in [2.05, 4.69) is 0 Å². The number of unbranched alkanes of at least 4 members (excludes halogenated alkanes) is 5. The van der Waals surface area contributed by atoms with Crippen molar-refractivity contribution in [2.45, 2.75) is 71.8 Å². The van der Waals surface area contributed by atoms with Gasteiger partial charge in [0.2, 0.25) is 0 Å². The molecule has 0 aliphatic heterocycles. The molecule has 4 nitrogen and oxygen atoms in total. The van der Waals surface area contributed by atoms with Crippen molar-refractivity contribution in [3.05, 3.63) is 0 Å². The highest BCUT2D eigenvalue weighted by Crippen LogP contribution is 2.10. The molecular formula is C14H26O4. The lowest BCUT2D eigenvalue weighted by atomic mass is 10.1. The summed E-state index contributed by atoms with van der Waals surface area (Å²) < 4.78 is 9.90. The molecular weight excluding hydrogens is 232 g/mol. The number of carbonyl (C=O) groups is 2. The number of hydrogen-bond acceptors (Lipinski definition) is 4. The van der Waals surface area contributed by atoms with Gasteiger partial charge < -0.3 is 9.47 Å². The summed E-state index contributed by atoms with van der Waals surface area (Å²) in [4.78, 5) is 21.2. The molecule has 0 radical (unpaired) electrons. The Morgan fingerprint density at radius 2 is 1.44 bits per heavy atom. The largest absolute Gasteiger partial charge is 0.466 e. The van der Waals surface area contributed by atoms with Crippen LogP contribution in [0.3, 0.4) is 0 Å². The van der Waals surface area contributed by atoms with Crippen molar-refractivity contribution in [2.24, 2.45) is 0 Å². The van der Waals surface area contributed by atoms with E-state index in [-0.39, 0.29) is 18.0 Å². The van der Waals surface area contributed by atoms with E-state index in [0.717, 1.165) is 25.7 Å². The second-order valence-corrected chi connectivity index (χ2v) is 4.67. The Bertz CT molecular complexity index is 238. The van der Waals surface area contributed by atoms with Crippen LogP contribution in [-0.4, -0.2) is 24.6 Å². The van der Waals surface area contributed by atoms with Gasteiger partial charge in [0.15, 0.2) is 0 Å². The molecule has 0 rings (SSSR count). The summed E-state index contributed by atoms with van der Waals surface area (Å²) >= 11 is 0. The van der Waals surface area contributed by atoms with Crippen molar-refractivity contribution in [1.82, 2.24) is 0 Å². The summed E-state index contributed by atoms with van der Waals surface area (Å²) in [5.41, 5.74) is 0. The van der Waals surface area contributed by atoms with Crippen LogP contribution in [0, 0.1) is 0 Å². The first-order chi connectivity index (χ1) is 8.52. The van der Waals surface area contributed by atoms with Gasteiger partial charge in [0.1, 0.15) is 0 Å². The van der Waals surface area contributed by atoms with Crippen molar-refractivity contribution in [2.75, 3.05) is 6.61 Å². The van der Waals surface area contributed by atoms with Crippen LogP contribution in [0.25, 0.3) is 0 Å². The highest BCUT2D eigenvalue weighted by Gasteiger charge is 2.04. The standard InChI is InChI=1S/C14H26O4/c1-12(18-14(3)16)10-8-6-4-5-7-9-11-17-13(2)15/h12H,4-11H2,1-3H3/t12-/m0/s1. The molecule has 0 aliphatic rings. The molecule has 0 spiro atoms. The lowest BCUT2D eigenvalue weighted by Gasteiger charge is -2.11. The molecule has 0 aromatic rings. The van der Waals surface area contributed by atoms with Gasteiger partial charge in [-0.2, -0.15) is 0 Å². The summed E-state index contributed by atoms with van der Waals surface area (Å²) in [6.45, 7) is 5.35. The number of esters is 2. The quantitative estimate of drug-likeness (QED) is 0.446. The van der Waals surface area contributed by atoms with Gasteiger partial charge in [-0.15, -0.1) is 0 Å². The zero-order chi connectivity index (χ0) is 13.8. The molecule has 0 saturated carbocycles. The summed E-state index contributed by atoms with van der Waals surface area (Å²) in [7, 11) is 0. The number of ether oxygens (including phenoxy) is 2. The molecule has 0 bridgehead atoms. The first-order valence-electron chi connectivity index (χ1n) is 6.83. The Kier molecular flexibility index (Phi) is 10.4. The Hall–Kier alpha value is -1.06. The highest BCUT2D eigenvalue weighted by molar-refractivity contribution is 5.66. The maximum atomic E-state index is 10.7. The fraction of sp³-hybridized carbons (Fsp3) is 0.857. The van der Waals surface area contributed by atoms with E-state index in [9.17, 15) is 9.59 Å². The van der Waals surface area contributed by atoms with Crippen molar-refractivity contribution in [1.29, 1.82) is 0 Å². The SMILES string of the molecule is CC(=O)OCCCCCCCC[C@H](C)OC(C)=O. The van der Waals surface area contributed by atoms with Crippen LogP contribution < -0.4 is 0 Å². The van der Waals surface area contributed by atoms with Crippen LogP contribution in [0.4, 0.5) is 0 Å². The Balaban J connectivity index is 3.16. The zero-order valence-corrected chi connectivity index (χ0v) is 11.9. The molecule has 0 aromatic heterocycles. The topological polar surface area (TPSA) is 52.6 Å². The Morgan fingerprint density at radius 3 is 2.00 bits per heavy atom. The van der Waals surface area contributed by atoms with Crippen molar-refractivity contribution in [3.63, 3.8) is 0 Å². The molecule has 0 heterocycles. The Labute approximate surface area is 110 Å². The van der Waals surface area contributed by atoms with Gasteiger partial charge in [0, 0.05) is 13.8 Å². The van der Waals surface area contributed by atoms with Gasteiger partial charge >= 0.3 is 11.9 Å². The molecule has 0 saturated heterocycles. The average molecular weight is 258 g/mol. The summed E-state index contributed by atoms with van der Waals surface area (Å²) in [6, 6.07) is 0. The van der Waals surface area contributed by atoms with E-state index in [1.54, 1.807) is 0 Å². The first kappa shape index (κ1) is 16.9. The van der Waals surface area contributed by atoms with E-state index < -0.39 is 0 Å². The predicted octanol–water partition coefficient (Wildman–Crippen LogP) is 3.23. The minimum atomic E-state index is -0.201. The van der Waals surface area contributed by atoms with E-state index in [1.807, 2.05) is 6.92 Å². The molecule has 0 aromatic carbocycles. The third-order valence-electron chi connectivity index (χ3n) is 2.68. The third kappa shape index (κ3) is 13.0. The lowest BCUT2D eigenvalue weighted by molar-refractivity contribution is -0.145. The van der Waals surface area contributed by atoms with Crippen molar-refractivity contribution >= 4 is 11.9 Å². The second-order valence-electron chi connectivity index (χ2n) is 4.67. The molecule has 0 fully saturated rings. The predicted molar refractivity (Wildman–Crippen MR) is 70.2 cm³/mol. The molecule has 4 heteroatoms. The molecule has 0 unspecified atom stereocenters. The van der Waals surface area contributed by atoms with Crippen LogP contribution >= 0.6 is 0 Å². The Morgan fingerprint density at radius 1 is 0.889 bits per heavy atom. The van der Waals surface area contributed by atoms with Crippen LogP contribution in [0.2, 0.25) is 0 Å². The molecule has 0 N–H and O–H groups in total. The molecule has 0 amide bonds. The molecule has 106 valence electrons. The van der Waals surface area contributed by atoms with E-state index in [1.165, 1.54) is 33.1 Å². The van der Waals surface area contributed by atoms with Crippen LogP contribution in [0.5, 0.6) is 0 Å². The van der Waals surface area contributed by atoms with Crippen LogP contribution in [0.1, 0.15) is 65.7 Å². The average Bonchev–Trinajstić information content (AvgIpc) is 2.25. The highest BCUT2D eigenvalue weighted by atomic mass is 16.5.